The lowest BCUT2D eigenvalue weighted by Crippen LogP contribution is -2.31. The molecule has 19 heavy (non-hydrogen) atoms. The normalized spacial score (nSPS) is 24.2. The van der Waals surface area contributed by atoms with E-state index in [9.17, 15) is 4.79 Å². The summed E-state index contributed by atoms with van der Waals surface area (Å²) in [4.78, 5) is 12.4. The number of hydrogen-bond acceptors (Lipinski definition) is 2. The van der Waals surface area contributed by atoms with Crippen molar-refractivity contribution < 1.29 is 4.79 Å². The third kappa shape index (κ3) is 2.43. The number of carbonyl (C=O) groups excluding carboxylic acids is 1. The number of hydrogen-bond donors (Lipinski definition) is 2. The van der Waals surface area contributed by atoms with E-state index in [1.54, 1.807) is 0 Å². The van der Waals surface area contributed by atoms with Gasteiger partial charge in [0.05, 0.1) is 5.69 Å². The van der Waals surface area contributed by atoms with Gasteiger partial charge in [-0.1, -0.05) is 12.1 Å². The standard InChI is InChI=1S/C15H19BrN2O/c1-10-3-2-4-12(13(10)16)18-14(19)11-9-15(11)5-7-17-8-6-15/h2-4,11,17H,5-9H2,1H3,(H,18,19). The van der Waals surface area contributed by atoms with Gasteiger partial charge in [0.25, 0.3) is 0 Å². The van der Waals surface area contributed by atoms with Crippen LogP contribution < -0.4 is 10.6 Å². The fourth-order valence-electron chi connectivity index (χ4n) is 3.16. The summed E-state index contributed by atoms with van der Waals surface area (Å²) in [5.41, 5.74) is 2.33. The Morgan fingerprint density at radius 3 is 2.89 bits per heavy atom. The van der Waals surface area contributed by atoms with Crippen LogP contribution in [0.5, 0.6) is 0 Å². The molecular weight excluding hydrogens is 304 g/mol. The maximum atomic E-state index is 12.4. The number of anilines is 1. The number of amides is 1. The molecule has 2 N–H and O–H groups in total. The molecule has 1 unspecified atom stereocenters. The molecule has 1 aromatic rings. The first-order valence-corrected chi connectivity index (χ1v) is 7.68. The van der Waals surface area contributed by atoms with E-state index in [1.165, 1.54) is 0 Å². The predicted molar refractivity (Wildman–Crippen MR) is 80.2 cm³/mol. The highest BCUT2D eigenvalue weighted by Gasteiger charge is 2.57. The molecule has 1 spiro atoms. The van der Waals surface area contributed by atoms with Gasteiger partial charge in [-0.05, 0) is 72.3 Å². The predicted octanol–water partition coefficient (Wildman–Crippen LogP) is 3.09. The number of carbonyl (C=O) groups is 1. The molecule has 1 heterocycles. The van der Waals surface area contributed by atoms with Gasteiger partial charge in [0.1, 0.15) is 0 Å². The highest BCUT2D eigenvalue weighted by Crippen LogP contribution is 2.58. The highest BCUT2D eigenvalue weighted by molar-refractivity contribution is 9.10. The lowest BCUT2D eigenvalue weighted by Gasteiger charge is -2.23. The quantitative estimate of drug-likeness (QED) is 0.878. The average molecular weight is 323 g/mol. The fourth-order valence-corrected chi connectivity index (χ4v) is 3.52. The van der Waals surface area contributed by atoms with Crippen LogP contribution in [0.4, 0.5) is 5.69 Å². The molecule has 3 rings (SSSR count). The summed E-state index contributed by atoms with van der Waals surface area (Å²) in [5, 5.41) is 6.45. The molecular formula is C15H19BrN2O. The zero-order chi connectivity index (χ0) is 13.5. The Hall–Kier alpha value is -0.870. The van der Waals surface area contributed by atoms with Crippen LogP contribution in [0, 0.1) is 18.3 Å². The molecule has 2 fully saturated rings. The molecule has 1 aromatic carbocycles. The van der Waals surface area contributed by atoms with E-state index in [4.69, 9.17) is 0 Å². The largest absolute Gasteiger partial charge is 0.325 e. The molecule has 2 aliphatic rings. The molecule has 1 saturated heterocycles. The van der Waals surface area contributed by atoms with Gasteiger partial charge in [-0.15, -0.1) is 0 Å². The summed E-state index contributed by atoms with van der Waals surface area (Å²) in [7, 11) is 0. The third-order valence-electron chi connectivity index (χ3n) is 4.56. The van der Waals surface area contributed by atoms with Gasteiger partial charge in [0.2, 0.25) is 5.91 Å². The van der Waals surface area contributed by atoms with Crippen LogP contribution >= 0.6 is 15.9 Å². The van der Waals surface area contributed by atoms with Crippen LogP contribution in [0.3, 0.4) is 0 Å². The Morgan fingerprint density at radius 2 is 2.16 bits per heavy atom. The molecule has 1 aliphatic heterocycles. The van der Waals surface area contributed by atoms with Crippen molar-refractivity contribution >= 4 is 27.5 Å². The van der Waals surface area contributed by atoms with Gasteiger partial charge in [0.15, 0.2) is 0 Å². The minimum Gasteiger partial charge on any atom is -0.325 e. The summed E-state index contributed by atoms with van der Waals surface area (Å²) in [5.74, 6) is 0.398. The number of halogens is 1. The van der Waals surface area contributed by atoms with Gasteiger partial charge in [-0.3, -0.25) is 4.79 Å². The van der Waals surface area contributed by atoms with Crippen LogP contribution in [-0.4, -0.2) is 19.0 Å². The SMILES string of the molecule is Cc1cccc(NC(=O)C2CC23CCNCC3)c1Br. The van der Waals surface area contributed by atoms with Crippen molar-refractivity contribution in [2.45, 2.75) is 26.2 Å². The maximum Gasteiger partial charge on any atom is 0.228 e. The monoisotopic (exact) mass is 322 g/mol. The van der Waals surface area contributed by atoms with Crippen molar-refractivity contribution in [1.29, 1.82) is 0 Å². The van der Waals surface area contributed by atoms with Gasteiger partial charge >= 0.3 is 0 Å². The summed E-state index contributed by atoms with van der Waals surface area (Å²) in [6.45, 7) is 4.14. The molecule has 0 aromatic heterocycles. The Kier molecular flexibility index (Phi) is 3.39. The van der Waals surface area contributed by atoms with Crippen LogP contribution in [-0.2, 0) is 4.79 Å². The molecule has 1 aliphatic carbocycles. The first-order chi connectivity index (χ1) is 9.12. The smallest absolute Gasteiger partial charge is 0.228 e. The Balaban J connectivity index is 1.68. The number of rotatable bonds is 2. The maximum absolute atomic E-state index is 12.4. The number of nitrogens with one attached hydrogen (secondary N) is 2. The first kappa shape index (κ1) is 13.1. The zero-order valence-corrected chi connectivity index (χ0v) is 12.7. The highest BCUT2D eigenvalue weighted by atomic mass is 79.9. The van der Waals surface area contributed by atoms with Crippen LogP contribution in [0.25, 0.3) is 0 Å². The number of aryl methyl sites for hydroxylation is 1. The summed E-state index contributed by atoms with van der Waals surface area (Å²) >= 11 is 3.54. The van der Waals surface area contributed by atoms with E-state index in [2.05, 4.69) is 26.6 Å². The molecule has 0 radical (unpaired) electrons. The van der Waals surface area contributed by atoms with Gasteiger partial charge in [-0.25, -0.2) is 0 Å². The van der Waals surface area contributed by atoms with Crippen LogP contribution in [0.1, 0.15) is 24.8 Å². The van der Waals surface area contributed by atoms with Crippen molar-refractivity contribution in [3.8, 4) is 0 Å². The average Bonchev–Trinajstić information content (AvgIpc) is 3.09. The van der Waals surface area contributed by atoms with Crippen molar-refractivity contribution in [3.63, 3.8) is 0 Å². The fraction of sp³-hybridized carbons (Fsp3) is 0.533. The van der Waals surface area contributed by atoms with E-state index in [1.807, 2.05) is 25.1 Å². The van der Waals surface area contributed by atoms with E-state index >= 15 is 0 Å². The molecule has 102 valence electrons. The van der Waals surface area contributed by atoms with Gasteiger partial charge < -0.3 is 10.6 Å². The Bertz CT molecular complexity index is 509. The van der Waals surface area contributed by atoms with Crippen LogP contribution in [0.2, 0.25) is 0 Å². The first-order valence-electron chi connectivity index (χ1n) is 6.89. The van der Waals surface area contributed by atoms with Gasteiger partial charge in [-0.2, -0.15) is 0 Å². The zero-order valence-electron chi connectivity index (χ0n) is 11.1. The second-order valence-electron chi connectivity index (χ2n) is 5.79. The van der Waals surface area contributed by atoms with E-state index < -0.39 is 0 Å². The van der Waals surface area contributed by atoms with E-state index in [0.29, 0.717) is 5.41 Å². The molecule has 1 atom stereocenters. The molecule has 1 amide bonds. The van der Waals surface area contributed by atoms with Crippen molar-refractivity contribution in [3.05, 3.63) is 28.2 Å². The Morgan fingerprint density at radius 1 is 1.42 bits per heavy atom. The lowest BCUT2D eigenvalue weighted by molar-refractivity contribution is -0.118. The Labute approximate surface area is 122 Å². The van der Waals surface area contributed by atoms with Crippen molar-refractivity contribution in [2.75, 3.05) is 18.4 Å². The minimum absolute atomic E-state index is 0.188. The molecule has 1 saturated carbocycles. The summed E-state index contributed by atoms with van der Waals surface area (Å²) in [6.07, 6.45) is 3.34. The van der Waals surface area contributed by atoms with Gasteiger partial charge in [0, 0.05) is 10.4 Å². The molecule has 0 bridgehead atoms. The molecule has 4 heteroatoms. The van der Waals surface area contributed by atoms with Crippen LogP contribution in [0.15, 0.2) is 22.7 Å². The van der Waals surface area contributed by atoms with Crippen molar-refractivity contribution in [1.82, 2.24) is 5.32 Å². The third-order valence-corrected chi connectivity index (χ3v) is 5.61. The number of piperidine rings is 1. The second kappa shape index (κ2) is 4.91. The minimum atomic E-state index is 0.188. The van der Waals surface area contributed by atoms with E-state index in [-0.39, 0.29) is 11.8 Å². The topological polar surface area (TPSA) is 41.1 Å². The summed E-state index contributed by atoms with van der Waals surface area (Å²) in [6, 6.07) is 5.96. The van der Waals surface area contributed by atoms with Crippen molar-refractivity contribution in [2.24, 2.45) is 11.3 Å². The lowest BCUT2D eigenvalue weighted by atomic mass is 9.92. The second-order valence-corrected chi connectivity index (χ2v) is 6.59. The number of benzene rings is 1. The van der Waals surface area contributed by atoms with E-state index in [0.717, 1.165) is 48.1 Å². The molecule has 3 nitrogen and oxygen atoms in total. The summed E-state index contributed by atoms with van der Waals surface area (Å²) < 4.78 is 0.989.